The van der Waals surface area contributed by atoms with Crippen molar-refractivity contribution in [3.8, 4) is 0 Å². The number of carbonyl (C=O) groups excluding carboxylic acids is 1. The van der Waals surface area contributed by atoms with Gasteiger partial charge in [-0.05, 0) is 6.92 Å². The molecule has 4 heteroatoms. The molecule has 0 saturated carbocycles. The second-order valence-electron chi connectivity index (χ2n) is 1.38. The number of aliphatic hydroxyl groups is 2. The minimum absolute atomic E-state index is 0.0208. The average Bonchev–Trinajstić information content (AvgIpc) is 1.87. The fourth-order valence-corrected chi connectivity index (χ4v) is 0.252. The summed E-state index contributed by atoms with van der Waals surface area (Å²) in [6, 6.07) is 0. The fraction of sp³-hybridized carbons (Fsp3) is 0.400. The Morgan fingerprint density at radius 1 is 1.78 bits per heavy atom. The van der Waals surface area contributed by atoms with E-state index in [1.54, 1.807) is 0 Å². The van der Waals surface area contributed by atoms with Crippen LogP contribution in [0.4, 0.5) is 0 Å². The minimum atomic E-state index is -0.514. The molecule has 0 amide bonds. The van der Waals surface area contributed by atoms with Gasteiger partial charge in [0.2, 0.25) is 0 Å². The third-order valence-corrected chi connectivity index (χ3v) is 0.781. The summed E-state index contributed by atoms with van der Waals surface area (Å²) in [6.45, 7) is 1.04. The molecule has 0 radical (unpaired) electrons. The van der Waals surface area contributed by atoms with E-state index in [1.807, 2.05) is 0 Å². The molecule has 0 saturated heterocycles. The molecule has 2 N–H and O–H groups in total. The van der Waals surface area contributed by atoms with Crippen molar-refractivity contribution >= 4 is 6.47 Å². The van der Waals surface area contributed by atoms with Gasteiger partial charge in [-0.25, -0.2) is 0 Å². The molecule has 0 aromatic carbocycles. The van der Waals surface area contributed by atoms with Gasteiger partial charge in [0.05, 0.1) is 0 Å². The fourth-order valence-electron chi connectivity index (χ4n) is 0.252. The molecule has 9 heavy (non-hydrogen) atoms. The second-order valence-corrected chi connectivity index (χ2v) is 1.38. The van der Waals surface area contributed by atoms with Crippen LogP contribution in [0.5, 0.6) is 0 Å². The zero-order chi connectivity index (χ0) is 7.28. The Labute approximate surface area is 52.4 Å². The molecule has 0 heterocycles. The van der Waals surface area contributed by atoms with E-state index >= 15 is 0 Å². The van der Waals surface area contributed by atoms with Gasteiger partial charge in [-0.1, -0.05) is 0 Å². The van der Waals surface area contributed by atoms with E-state index in [0.29, 0.717) is 0 Å². The molecular weight excluding hydrogens is 124 g/mol. The predicted molar refractivity (Wildman–Crippen MR) is 29.6 cm³/mol. The van der Waals surface area contributed by atoms with Crippen LogP contribution in [-0.4, -0.2) is 23.3 Å². The van der Waals surface area contributed by atoms with Crippen LogP contribution in [0, 0.1) is 0 Å². The lowest BCUT2D eigenvalue weighted by molar-refractivity contribution is -0.125. The van der Waals surface area contributed by atoms with Crippen LogP contribution in [0.15, 0.2) is 11.5 Å². The number of carbonyl (C=O) groups is 1. The van der Waals surface area contributed by atoms with Gasteiger partial charge in [-0.3, -0.25) is 4.79 Å². The quantitative estimate of drug-likeness (QED) is 0.417. The van der Waals surface area contributed by atoms with Gasteiger partial charge in [0.1, 0.15) is 12.4 Å². The molecule has 52 valence electrons. The summed E-state index contributed by atoms with van der Waals surface area (Å²) in [5.74, 6) is -0.311. The van der Waals surface area contributed by atoms with Crippen LogP contribution in [0.1, 0.15) is 6.92 Å². The maximum Gasteiger partial charge on any atom is 0.298 e. The molecule has 0 bridgehead atoms. The number of hydrogen-bond donors (Lipinski definition) is 2. The maximum absolute atomic E-state index is 9.59. The van der Waals surface area contributed by atoms with E-state index in [9.17, 15) is 4.79 Å². The van der Waals surface area contributed by atoms with E-state index in [-0.39, 0.29) is 18.0 Å². The van der Waals surface area contributed by atoms with Crippen LogP contribution < -0.4 is 0 Å². The first-order chi connectivity index (χ1) is 4.22. The van der Waals surface area contributed by atoms with Crippen LogP contribution >= 0.6 is 0 Å². The number of ether oxygens (including phenoxy) is 1. The highest BCUT2D eigenvalue weighted by molar-refractivity contribution is 5.39. The SMILES string of the molecule is C/C(OC=O)=C(/O)CO. The minimum Gasteiger partial charge on any atom is -0.507 e. The summed E-state index contributed by atoms with van der Waals surface area (Å²) in [7, 11) is 0. The molecule has 0 aliphatic heterocycles. The number of aliphatic hydroxyl groups excluding tert-OH is 2. The highest BCUT2D eigenvalue weighted by atomic mass is 16.5. The molecule has 0 rings (SSSR count). The summed E-state index contributed by atoms with van der Waals surface area (Å²) in [4.78, 5) is 9.59. The smallest absolute Gasteiger partial charge is 0.298 e. The molecule has 0 aromatic heterocycles. The number of allylic oxidation sites excluding steroid dienone is 1. The Bertz CT molecular complexity index is 127. The Morgan fingerprint density at radius 3 is 2.67 bits per heavy atom. The van der Waals surface area contributed by atoms with Crippen molar-refractivity contribution in [3.63, 3.8) is 0 Å². The van der Waals surface area contributed by atoms with Crippen molar-refractivity contribution in [2.75, 3.05) is 6.61 Å². The predicted octanol–water partition coefficient (Wildman–Crippen LogP) is -0.0588. The zero-order valence-electron chi connectivity index (χ0n) is 5.00. The largest absolute Gasteiger partial charge is 0.507 e. The Kier molecular flexibility index (Phi) is 3.46. The first-order valence-electron chi connectivity index (χ1n) is 2.32. The summed E-state index contributed by atoms with van der Waals surface area (Å²) in [5, 5.41) is 16.8. The molecule has 0 fully saturated rings. The molecule has 0 unspecified atom stereocenters. The molecule has 0 spiro atoms. The van der Waals surface area contributed by atoms with Gasteiger partial charge in [0.25, 0.3) is 6.47 Å². The normalized spacial score (nSPS) is 12.2. The zero-order valence-corrected chi connectivity index (χ0v) is 5.00. The first kappa shape index (κ1) is 7.97. The molecule has 0 aliphatic carbocycles. The van der Waals surface area contributed by atoms with Gasteiger partial charge in [0, 0.05) is 0 Å². The number of hydrogen-bond acceptors (Lipinski definition) is 4. The highest BCUT2D eigenvalue weighted by Gasteiger charge is 1.96. The van der Waals surface area contributed by atoms with Gasteiger partial charge >= 0.3 is 0 Å². The van der Waals surface area contributed by atoms with Crippen molar-refractivity contribution in [1.29, 1.82) is 0 Å². The second kappa shape index (κ2) is 3.91. The topological polar surface area (TPSA) is 66.8 Å². The first-order valence-corrected chi connectivity index (χ1v) is 2.32. The van der Waals surface area contributed by atoms with E-state index < -0.39 is 6.61 Å². The molecule has 0 aromatic rings. The Morgan fingerprint density at radius 2 is 2.33 bits per heavy atom. The molecule has 4 nitrogen and oxygen atoms in total. The Hall–Kier alpha value is -1.03. The van der Waals surface area contributed by atoms with Crippen molar-refractivity contribution in [3.05, 3.63) is 11.5 Å². The standard InChI is InChI=1S/C5H8O4/c1-4(9-3-7)5(8)2-6/h3,6,8H,2H2,1H3/b5-4-. The van der Waals surface area contributed by atoms with Gasteiger partial charge < -0.3 is 14.9 Å². The highest BCUT2D eigenvalue weighted by Crippen LogP contribution is 1.98. The maximum atomic E-state index is 9.59. The van der Waals surface area contributed by atoms with Crippen LogP contribution in [-0.2, 0) is 9.53 Å². The van der Waals surface area contributed by atoms with Gasteiger partial charge in [-0.2, -0.15) is 0 Å². The van der Waals surface area contributed by atoms with Gasteiger partial charge in [-0.15, -0.1) is 0 Å². The van der Waals surface area contributed by atoms with Crippen molar-refractivity contribution in [2.45, 2.75) is 6.92 Å². The lowest BCUT2D eigenvalue weighted by Gasteiger charge is -1.98. The van der Waals surface area contributed by atoms with E-state index in [1.165, 1.54) is 6.92 Å². The van der Waals surface area contributed by atoms with Crippen LogP contribution in [0.2, 0.25) is 0 Å². The van der Waals surface area contributed by atoms with E-state index in [2.05, 4.69) is 4.74 Å². The third-order valence-electron chi connectivity index (χ3n) is 0.781. The molecular formula is C5H8O4. The summed E-state index contributed by atoms with van der Waals surface area (Å²) >= 11 is 0. The molecule has 0 aliphatic rings. The van der Waals surface area contributed by atoms with Crippen molar-refractivity contribution in [2.24, 2.45) is 0 Å². The van der Waals surface area contributed by atoms with Gasteiger partial charge in [0.15, 0.2) is 5.76 Å². The third kappa shape index (κ3) is 2.71. The average molecular weight is 132 g/mol. The molecule has 0 atom stereocenters. The summed E-state index contributed by atoms with van der Waals surface area (Å²) in [6.07, 6.45) is 0. The van der Waals surface area contributed by atoms with E-state index in [4.69, 9.17) is 10.2 Å². The van der Waals surface area contributed by atoms with Crippen molar-refractivity contribution < 1.29 is 19.7 Å². The number of rotatable bonds is 3. The van der Waals surface area contributed by atoms with Crippen LogP contribution in [0.25, 0.3) is 0 Å². The summed E-state index contributed by atoms with van der Waals surface area (Å²) < 4.78 is 4.18. The monoisotopic (exact) mass is 132 g/mol. The lowest BCUT2D eigenvalue weighted by Crippen LogP contribution is -1.95. The van der Waals surface area contributed by atoms with Crippen LogP contribution in [0.3, 0.4) is 0 Å². The van der Waals surface area contributed by atoms with E-state index in [0.717, 1.165) is 0 Å². The van der Waals surface area contributed by atoms with Crippen molar-refractivity contribution in [1.82, 2.24) is 0 Å². The summed E-state index contributed by atoms with van der Waals surface area (Å²) in [5.41, 5.74) is 0. The lowest BCUT2D eigenvalue weighted by atomic mass is 10.4. The Balaban J connectivity index is 3.92.